The maximum atomic E-state index is 13.7. The summed E-state index contributed by atoms with van der Waals surface area (Å²) in [6.45, 7) is 1.79. The van der Waals surface area contributed by atoms with Crippen LogP contribution in [0, 0.1) is 10.1 Å². The predicted octanol–water partition coefficient (Wildman–Crippen LogP) is 4.79. The Morgan fingerprint density at radius 2 is 1.75 bits per heavy atom. The highest BCUT2D eigenvalue weighted by Gasteiger charge is 2.35. The summed E-state index contributed by atoms with van der Waals surface area (Å²) in [6, 6.07) is 22.0. The van der Waals surface area contributed by atoms with Gasteiger partial charge >= 0.3 is 0 Å². The number of nitrogens with zero attached hydrogens (tertiary/aromatic N) is 4. The summed E-state index contributed by atoms with van der Waals surface area (Å²) in [5.41, 5.74) is 2.93. The Hall–Kier alpha value is -4.99. The zero-order valence-electron chi connectivity index (χ0n) is 19.5. The monoisotopic (exact) mass is 482 g/mol. The number of allylic oxidation sites excluding steroid dienone is 1. The van der Waals surface area contributed by atoms with E-state index in [1.807, 2.05) is 36.4 Å². The van der Waals surface area contributed by atoms with Gasteiger partial charge < -0.3 is 15.4 Å². The summed E-state index contributed by atoms with van der Waals surface area (Å²) >= 11 is 0. The van der Waals surface area contributed by atoms with Crippen molar-refractivity contribution in [1.82, 2.24) is 14.8 Å². The fourth-order valence-electron chi connectivity index (χ4n) is 4.18. The number of amides is 1. The molecule has 10 heteroatoms. The number of anilines is 2. The van der Waals surface area contributed by atoms with Crippen LogP contribution in [0.3, 0.4) is 0 Å². The van der Waals surface area contributed by atoms with Crippen LogP contribution in [0.5, 0.6) is 5.75 Å². The van der Waals surface area contributed by atoms with Gasteiger partial charge in [-0.2, -0.15) is 4.98 Å². The molecule has 180 valence electrons. The lowest BCUT2D eigenvalue weighted by Crippen LogP contribution is -2.31. The molecular formula is C26H22N6O4. The van der Waals surface area contributed by atoms with E-state index < -0.39 is 11.0 Å². The molecule has 1 unspecified atom stereocenters. The zero-order chi connectivity index (χ0) is 25.2. The molecule has 1 aliphatic rings. The number of benzene rings is 3. The molecule has 1 aliphatic heterocycles. The third kappa shape index (κ3) is 4.16. The number of fused-ring (bicyclic) bond motifs is 1. The maximum Gasteiger partial charge on any atom is 0.269 e. The number of hydrogen-bond acceptors (Lipinski definition) is 7. The molecule has 3 aromatic carbocycles. The Morgan fingerprint density at radius 3 is 2.44 bits per heavy atom. The molecule has 2 heterocycles. The number of aromatic nitrogens is 3. The molecule has 0 saturated carbocycles. The standard InChI is InChI=1S/C26H22N6O4/c1-16-22(25(33)28-20-10-6-7-11-21(20)36-2)23(17-12-14-19(15-13-17)32(34)35)31-26(27-16)29-24(30-31)18-8-4-3-5-9-18/h3-15,23H,1-2H3,(H,28,33)(H,27,29,30). The minimum Gasteiger partial charge on any atom is -0.495 e. The number of methoxy groups -OCH3 is 1. The number of nitrogens with one attached hydrogen (secondary N) is 2. The molecule has 0 aliphatic carbocycles. The predicted molar refractivity (Wildman–Crippen MR) is 135 cm³/mol. The molecule has 0 bridgehead atoms. The number of para-hydroxylation sites is 2. The lowest BCUT2D eigenvalue weighted by Gasteiger charge is -2.28. The Balaban J connectivity index is 1.60. The van der Waals surface area contributed by atoms with Gasteiger partial charge in [-0.1, -0.05) is 42.5 Å². The van der Waals surface area contributed by atoms with Crippen molar-refractivity contribution in [1.29, 1.82) is 0 Å². The van der Waals surface area contributed by atoms with E-state index >= 15 is 0 Å². The second-order valence-electron chi connectivity index (χ2n) is 8.14. The molecule has 4 aromatic rings. The molecule has 0 spiro atoms. The van der Waals surface area contributed by atoms with Gasteiger partial charge in [-0.25, -0.2) is 4.68 Å². The first-order chi connectivity index (χ1) is 17.5. The van der Waals surface area contributed by atoms with Gasteiger partial charge in [0, 0.05) is 23.4 Å². The molecule has 1 atom stereocenters. The van der Waals surface area contributed by atoms with Crippen LogP contribution in [0.1, 0.15) is 18.5 Å². The van der Waals surface area contributed by atoms with Crippen LogP contribution in [-0.2, 0) is 4.79 Å². The first-order valence-corrected chi connectivity index (χ1v) is 11.1. The van der Waals surface area contributed by atoms with Crippen LogP contribution < -0.4 is 15.4 Å². The second kappa shape index (κ2) is 9.34. The smallest absolute Gasteiger partial charge is 0.269 e. The molecule has 2 N–H and O–H groups in total. The molecule has 1 aromatic heterocycles. The van der Waals surface area contributed by atoms with Gasteiger partial charge in [0.25, 0.3) is 11.6 Å². The highest BCUT2D eigenvalue weighted by Crippen LogP contribution is 2.37. The molecule has 0 radical (unpaired) electrons. The van der Waals surface area contributed by atoms with E-state index in [9.17, 15) is 14.9 Å². The summed E-state index contributed by atoms with van der Waals surface area (Å²) in [7, 11) is 1.53. The van der Waals surface area contributed by atoms with Gasteiger partial charge in [0.15, 0.2) is 5.82 Å². The number of rotatable bonds is 6. The van der Waals surface area contributed by atoms with E-state index in [0.29, 0.717) is 40.0 Å². The molecule has 5 rings (SSSR count). The summed E-state index contributed by atoms with van der Waals surface area (Å²) in [6.07, 6.45) is 0. The number of carbonyl (C=O) groups excluding carboxylic acids is 1. The zero-order valence-corrected chi connectivity index (χ0v) is 19.5. The fourth-order valence-corrected chi connectivity index (χ4v) is 4.18. The van der Waals surface area contributed by atoms with E-state index in [4.69, 9.17) is 9.84 Å². The third-order valence-electron chi connectivity index (χ3n) is 5.90. The SMILES string of the molecule is COc1ccccc1NC(=O)C1=C(C)Nc2nc(-c3ccccc3)nn2C1c1ccc([N+](=O)[O-])cc1. The first-order valence-electron chi connectivity index (χ1n) is 11.1. The van der Waals surface area contributed by atoms with E-state index in [1.165, 1.54) is 19.2 Å². The Morgan fingerprint density at radius 1 is 1.06 bits per heavy atom. The number of nitro benzene ring substituents is 1. The highest BCUT2D eigenvalue weighted by atomic mass is 16.6. The minimum absolute atomic E-state index is 0.0443. The summed E-state index contributed by atoms with van der Waals surface area (Å²) in [5.74, 6) is 1.11. The molecule has 10 nitrogen and oxygen atoms in total. The normalized spacial score (nSPS) is 14.6. The lowest BCUT2D eigenvalue weighted by molar-refractivity contribution is -0.384. The van der Waals surface area contributed by atoms with Crippen LogP contribution in [0.2, 0.25) is 0 Å². The average Bonchev–Trinajstić information content (AvgIpc) is 3.32. The number of non-ortho nitro benzene ring substituents is 1. The maximum absolute atomic E-state index is 13.7. The highest BCUT2D eigenvalue weighted by molar-refractivity contribution is 6.06. The van der Waals surface area contributed by atoms with Crippen molar-refractivity contribution < 1.29 is 14.5 Å². The summed E-state index contributed by atoms with van der Waals surface area (Å²) < 4.78 is 7.01. The largest absolute Gasteiger partial charge is 0.495 e. The summed E-state index contributed by atoms with van der Waals surface area (Å²) in [5, 5.41) is 22.1. The van der Waals surface area contributed by atoms with Crippen molar-refractivity contribution >= 4 is 23.2 Å². The van der Waals surface area contributed by atoms with Crippen LogP contribution >= 0.6 is 0 Å². The van der Waals surface area contributed by atoms with Crippen molar-refractivity contribution in [2.45, 2.75) is 13.0 Å². The average molecular weight is 483 g/mol. The van der Waals surface area contributed by atoms with Crippen molar-refractivity contribution in [2.24, 2.45) is 0 Å². The van der Waals surface area contributed by atoms with Gasteiger partial charge in [0.05, 0.1) is 23.3 Å². The number of nitro groups is 1. The number of carbonyl (C=O) groups is 1. The molecule has 1 amide bonds. The van der Waals surface area contributed by atoms with Crippen molar-refractivity contribution in [3.63, 3.8) is 0 Å². The lowest BCUT2D eigenvalue weighted by atomic mass is 9.95. The Kier molecular flexibility index (Phi) is 5.91. The quantitative estimate of drug-likeness (QED) is 0.299. The van der Waals surface area contributed by atoms with E-state index in [0.717, 1.165) is 5.56 Å². The van der Waals surface area contributed by atoms with E-state index in [1.54, 1.807) is 41.9 Å². The van der Waals surface area contributed by atoms with Gasteiger partial charge in [0.1, 0.15) is 11.8 Å². The molecule has 0 saturated heterocycles. The van der Waals surface area contributed by atoms with Crippen molar-refractivity contribution in [3.05, 3.63) is 106 Å². The topological polar surface area (TPSA) is 124 Å². The van der Waals surface area contributed by atoms with Crippen molar-refractivity contribution in [3.8, 4) is 17.1 Å². The van der Waals surface area contributed by atoms with Gasteiger partial charge in [-0.3, -0.25) is 14.9 Å². The molecular weight excluding hydrogens is 460 g/mol. The van der Waals surface area contributed by atoms with Crippen LogP contribution in [0.15, 0.2) is 90.1 Å². The Bertz CT molecular complexity index is 1480. The third-order valence-corrected chi connectivity index (χ3v) is 5.90. The van der Waals surface area contributed by atoms with Gasteiger partial charge in [-0.05, 0) is 36.8 Å². The number of hydrogen-bond donors (Lipinski definition) is 2. The molecule has 0 fully saturated rings. The number of ether oxygens (including phenoxy) is 1. The van der Waals surface area contributed by atoms with Gasteiger partial charge in [-0.15, -0.1) is 5.10 Å². The summed E-state index contributed by atoms with van der Waals surface area (Å²) in [4.78, 5) is 29.1. The molecule has 36 heavy (non-hydrogen) atoms. The van der Waals surface area contributed by atoms with Crippen LogP contribution in [0.4, 0.5) is 17.3 Å². The fraction of sp³-hybridized carbons (Fsp3) is 0.115. The van der Waals surface area contributed by atoms with Crippen LogP contribution in [-0.4, -0.2) is 32.7 Å². The Labute approximate surface area is 206 Å². The first kappa shape index (κ1) is 22.8. The van der Waals surface area contributed by atoms with E-state index in [2.05, 4.69) is 15.6 Å². The van der Waals surface area contributed by atoms with Gasteiger partial charge in [0.2, 0.25) is 5.95 Å². The second-order valence-corrected chi connectivity index (χ2v) is 8.14. The van der Waals surface area contributed by atoms with E-state index in [-0.39, 0.29) is 11.6 Å². The van der Waals surface area contributed by atoms with Crippen molar-refractivity contribution in [2.75, 3.05) is 17.7 Å². The van der Waals surface area contributed by atoms with Crippen LogP contribution in [0.25, 0.3) is 11.4 Å². The minimum atomic E-state index is -0.679.